The minimum atomic E-state index is -0.676. The second-order valence-corrected chi connectivity index (χ2v) is 4.22. The third-order valence-corrected chi connectivity index (χ3v) is 2.99. The van der Waals surface area contributed by atoms with E-state index in [9.17, 15) is 4.79 Å². The molecular formula is C10H19NO2. The van der Waals surface area contributed by atoms with Gasteiger partial charge < -0.3 is 5.11 Å². The quantitative estimate of drug-likeness (QED) is 0.720. The molecule has 13 heavy (non-hydrogen) atoms. The zero-order valence-corrected chi connectivity index (χ0v) is 8.66. The van der Waals surface area contributed by atoms with Crippen LogP contribution in [0.3, 0.4) is 0 Å². The minimum absolute atomic E-state index is 0.255. The molecule has 1 rings (SSSR count). The summed E-state index contributed by atoms with van der Waals surface area (Å²) in [6.45, 7) is 8.25. The van der Waals surface area contributed by atoms with Gasteiger partial charge in [-0.1, -0.05) is 20.8 Å². The maximum absolute atomic E-state index is 10.8. The van der Waals surface area contributed by atoms with E-state index in [-0.39, 0.29) is 6.04 Å². The van der Waals surface area contributed by atoms with Crippen molar-refractivity contribution in [1.29, 1.82) is 0 Å². The van der Waals surface area contributed by atoms with Crippen molar-refractivity contribution in [3.05, 3.63) is 0 Å². The van der Waals surface area contributed by atoms with Crippen LogP contribution in [0.4, 0.5) is 0 Å². The Morgan fingerprint density at radius 3 is 2.38 bits per heavy atom. The standard InChI is InChI=1S/C10H19NO2/c1-4-9(10(12)13)11-5-8(6-11)7(2)3/h7-9H,4-6H2,1-3H3,(H,12,13). The van der Waals surface area contributed by atoms with E-state index in [1.165, 1.54) is 0 Å². The molecule has 0 bridgehead atoms. The first-order valence-corrected chi connectivity index (χ1v) is 5.03. The van der Waals surface area contributed by atoms with Gasteiger partial charge in [-0.3, -0.25) is 9.69 Å². The minimum Gasteiger partial charge on any atom is -0.480 e. The summed E-state index contributed by atoms with van der Waals surface area (Å²) < 4.78 is 0. The average molecular weight is 185 g/mol. The Labute approximate surface area is 79.7 Å². The molecular weight excluding hydrogens is 166 g/mol. The summed E-state index contributed by atoms with van der Waals surface area (Å²) in [5.41, 5.74) is 0. The maximum Gasteiger partial charge on any atom is 0.320 e. The highest BCUT2D eigenvalue weighted by Gasteiger charge is 2.35. The summed E-state index contributed by atoms with van der Waals surface area (Å²) in [5.74, 6) is 0.709. The fraction of sp³-hybridized carbons (Fsp3) is 0.900. The van der Waals surface area contributed by atoms with Gasteiger partial charge in [-0.05, 0) is 18.3 Å². The van der Waals surface area contributed by atoms with Crippen LogP contribution in [0.15, 0.2) is 0 Å². The van der Waals surface area contributed by atoms with Crippen molar-refractivity contribution in [1.82, 2.24) is 4.90 Å². The SMILES string of the molecule is CCC(C(=O)O)N1CC(C(C)C)C1. The highest BCUT2D eigenvalue weighted by molar-refractivity contribution is 5.73. The van der Waals surface area contributed by atoms with E-state index in [2.05, 4.69) is 18.7 Å². The molecule has 0 amide bonds. The fourth-order valence-corrected chi connectivity index (χ4v) is 1.81. The lowest BCUT2D eigenvalue weighted by Gasteiger charge is -2.44. The number of carboxylic acids is 1. The summed E-state index contributed by atoms with van der Waals surface area (Å²) in [5, 5.41) is 8.89. The van der Waals surface area contributed by atoms with E-state index < -0.39 is 5.97 Å². The van der Waals surface area contributed by atoms with Crippen molar-refractivity contribution in [3.63, 3.8) is 0 Å². The lowest BCUT2D eigenvalue weighted by molar-refractivity contribution is -0.147. The van der Waals surface area contributed by atoms with Gasteiger partial charge in [0.2, 0.25) is 0 Å². The monoisotopic (exact) mass is 185 g/mol. The van der Waals surface area contributed by atoms with Crippen molar-refractivity contribution in [2.75, 3.05) is 13.1 Å². The Morgan fingerprint density at radius 1 is 1.54 bits per heavy atom. The van der Waals surface area contributed by atoms with Crippen LogP contribution in [0.1, 0.15) is 27.2 Å². The van der Waals surface area contributed by atoms with Gasteiger partial charge in [0.25, 0.3) is 0 Å². The van der Waals surface area contributed by atoms with Crippen molar-refractivity contribution in [2.24, 2.45) is 11.8 Å². The lowest BCUT2D eigenvalue weighted by Crippen LogP contribution is -2.56. The van der Waals surface area contributed by atoms with Crippen LogP contribution >= 0.6 is 0 Å². The third kappa shape index (κ3) is 2.21. The second-order valence-electron chi connectivity index (χ2n) is 4.22. The molecule has 0 aliphatic carbocycles. The largest absolute Gasteiger partial charge is 0.480 e. The maximum atomic E-state index is 10.8. The number of likely N-dealkylation sites (tertiary alicyclic amines) is 1. The van der Waals surface area contributed by atoms with E-state index in [0.29, 0.717) is 18.3 Å². The van der Waals surface area contributed by atoms with Crippen LogP contribution in [0.5, 0.6) is 0 Å². The number of carbonyl (C=O) groups is 1. The van der Waals surface area contributed by atoms with E-state index in [4.69, 9.17) is 5.11 Å². The van der Waals surface area contributed by atoms with Crippen LogP contribution in [0.25, 0.3) is 0 Å². The van der Waals surface area contributed by atoms with Gasteiger partial charge in [-0.15, -0.1) is 0 Å². The predicted molar refractivity (Wildman–Crippen MR) is 51.6 cm³/mol. The first kappa shape index (κ1) is 10.5. The van der Waals surface area contributed by atoms with E-state index in [1.807, 2.05) is 6.92 Å². The molecule has 3 heteroatoms. The smallest absolute Gasteiger partial charge is 0.320 e. The Morgan fingerprint density at radius 2 is 2.08 bits per heavy atom. The molecule has 0 spiro atoms. The molecule has 1 fully saturated rings. The fourth-order valence-electron chi connectivity index (χ4n) is 1.81. The molecule has 0 saturated carbocycles. The van der Waals surface area contributed by atoms with Gasteiger partial charge in [-0.2, -0.15) is 0 Å². The van der Waals surface area contributed by atoms with Gasteiger partial charge in [0.1, 0.15) is 6.04 Å². The van der Waals surface area contributed by atoms with Crippen molar-refractivity contribution >= 4 is 5.97 Å². The molecule has 1 N–H and O–H groups in total. The Hall–Kier alpha value is -0.570. The van der Waals surface area contributed by atoms with Gasteiger partial charge >= 0.3 is 5.97 Å². The zero-order chi connectivity index (χ0) is 10.0. The average Bonchev–Trinajstić information content (AvgIpc) is 1.93. The third-order valence-electron chi connectivity index (χ3n) is 2.99. The van der Waals surface area contributed by atoms with Gasteiger partial charge in [0.05, 0.1) is 0 Å². The number of rotatable bonds is 4. The summed E-state index contributed by atoms with van der Waals surface area (Å²) in [6.07, 6.45) is 0.708. The Balaban J connectivity index is 2.36. The van der Waals surface area contributed by atoms with Gasteiger partial charge in [-0.25, -0.2) is 0 Å². The molecule has 76 valence electrons. The van der Waals surface area contributed by atoms with Crippen molar-refractivity contribution in [2.45, 2.75) is 33.2 Å². The highest BCUT2D eigenvalue weighted by Crippen LogP contribution is 2.26. The molecule has 3 nitrogen and oxygen atoms in total. The molecule has 1 heterocycles. The first-order chi connectivity index (χ1) is 6.06. The topological polar surface area (TPSA) is 40.5 Å². The van der Waals surface area contributed by atoms with Gasteiger partial charge in [0.15, 0.2) is 0 Å². The molecule has 1 aliphatic rings. The predicted octanol–water partition coefficient (Wildman–Crippen LogP) is 1.44. The van der Waals surface area contributed by atoms with Crippen LogP contribution in [0.2, 0.25) is 0 Å². The van der Waals surface area contributed by atoms with Crippen LogP contribution in [0, 0.1) is 11.8 Å². The molecule has 1 unspecified atom stereocenters. The Bertz CT molecular complexity index is 185. The molecule has 0 aromatic rings. The summed E-state index contributed by atoms with van der Waals surface area (Å²) in [7, 11) is 0. The summed E-state index contributed by atoms with van der Waals surface area (Å²) in [6, 6.07) is -0.255. The molecule has 1 atom stereocenters. The van der Waals surface area contributed by atoms with Crippen LogP contribution in [-0.2, 0) is 4.79 Å². The van der Waals surface area contributed by atoms with Crippen molar-refractivity contribution in [3.8, 4) is 0 Å². The second kappa shape index (κ2) is 4.09. The molecule has 0 radical (unpaired) electrons. The lowest BCUT2D eigenvalue weighted by atomic mass is 9.87. The molecule has 0 aromatic heterocycles. The number of nitrogens with zero attached hydrogens (tertiary/aromatic N) is 1. The van der Waals surface area contributed by atoms with E-state index in [1.54, 1.807) is 0 Å². The van der Waals surface area contributed by atoms with Crippen molar-refractivity contribution < 1.29 is 9.90 Å². The molecule has 1 saturated heterocycles. The first-order valence-electron chi connectivity index (χ1n) is 5.03. The zero-order valence-electron chi connectivity index (χ0n) is 8.66. The number of carboxylic acid groups (broad SMARTS) is 1. The number of hydrogen-bond donors (Lipinski definition) is 1. The normalized spacial score (nSPS) is 21.5. The highest BCUT2D eigenvalue weighted by atomic mass is 16.4. The summed E-state index contributed by atoms with van der Waals surface area (Å²) >= 11 is 0. The molecule has 0 aromatic carbocycles. The number of aliphatic carboxylic acids is 1. The van der Waals surface area contributed by atoms with Crippen LogP contribution < -0.4 is 0 Å². The summed E-state index contributed by atoms with van der Waals surface area (Å²) in [4.78, 5) is 12.9. The van der Waals surface area contributed by atoms with E-state index in [0.717, 1.165) is 13.1 Å². The van der Waals surface area contributed by atoms with Crippen LogP contribution in [-0.4, -0.2) is 35.1 Å². The van der Waals surface area contributed by atoms with Gasteiger partial charge in [0, 0.05) is 13.1 Å². The Kier molecular flexibility index (Phi) is 3.31. The number of hydrogen-bond acceptors (Lipinski definition) is 2. The van der Waals surface area contributed by atoms with E-state index >= 15 is 0 Å². The molecule has 1 aliphatic heterocycles.